The first-order valence-electron chi connectivity index (χ1n) is 10.8. The molecule has 0 spiro atoms. The SMILES string of the molecule is COc1ccc(CN2CCC[C@@H]2c2cc(C(C)C)on2)cc1CN1CCOCC1. The van der Waals surface area contributed by atoms with Crippen molar-refractivity contribution >= 4 is 0 Å². The number of hydrogen-bond donors (Lipinski definition) is 0. The van der Waals surface area contributed by atoms with E-state index in [1.165, 1.54) is 17.5 Å². The van der Waals surface area contributed by atoms with Crippen molar-refractivity contribution in [2.45, 2.75) is 51.7 Å². The molecule has 1 aromatic heterocycles. The second-order valence-electron chi connectivity index (χ2n) is 8.47. The van der Waals surface area contributed by atoms with E-state index in [1.807, 2.05) is 0 Å². The minimum absolute atomic E-state index is 0.344. The molecule has 158 valence electrons. The molecule has 0 N–H and O–H groups in total. The molecule has 3 heterocycles. The van der Waals surface area contributed by atoms with Crippen LogP contribution in [-0.4, -0.2) is 54.9 Å². The number of methoxy groups -OCH3 is 1. The van der Waals surface area contributed by atoms with Gasteiger partial charge in [0.15, 0.2) is 0 Å². The maximum absolute atomic E-state index is 5.63. The highest BCUT2D eigenvalue weighted by molar-refractivity contribution is 5.37. The molecule has 0 bridgehead atoms. The Morgan fingerprint density at radius 3 is 2.69 bits per heavy atom. The number of ether oxygens (including phenoxy) is 2. The van der Waals surface area contributed by atoms with Crippen molar-refractivity contribution in [3.63, 3.8) is 0 Å². The summed E-state index contributed by atoms with van der Waals surface area (Å²) in [5.41, 5.74) is 3.66. The van der Waals surface area contributed by atoms with E-state index in [0.29, 0.717) is 12.0 Å². The molecule has 2 aliphatic rings. The Hall–Kier alpha value is -1.89. The van der Waals surface area contributed by atoms with Gasteiger partial charge in [0.05, 0.1) is 26.4 Å². The van der Waals surface area contributed by atoms with Crippen molar-refractivity contribution in [3.8, 4) is 5.75 Å². The Morgan fingerprint density at radius 2 is 1.97 bits per heavy atom. The molecule has 4 rings (SSSR count). The van der Waals surface area contributed by atoms with Crippen molar-refractivity contribution in [1.82, 2.24) is 15.0 Å². The lowest BCUT2D eigenvalue weighted by atomic mass is 10.1. The van der Waals surface area contributed by atoms with Crippen LogP contribution in [0.1, 0.15) is 61.2 Å². The lowest BCUT2D eigenvalue weighted by Gasteiger charge is -2.28. The highest BCUT2D eigenvalue weighted by Crippen LogP contribution is 2.34. The molecule has 1 atom stereocenters. The summed E-state index contributed by atoms with van der Waals surface area (Å²) < 4.78 is 16.7. The molecular formula is C23H33N3O3. The van der Waals surface area contributed by atoms with Crippen LogP contribution in [0, 0.1) is 0 Å². The zero-order chi connectivity index (χ0) is 20.2. The Bertz CT molecular complexity index is 798. The smallest absolute Gasteiger partial charge is 0.139 e. The lowest BCUT2D eigenvalue weighted by Crippen LogP contribution is -2.35. The van der Waals surface area contributed by atoms with Gasteiger partial charge >= 0.3 is 0 Å². The molecule has 2 saturated heterocycles. The number of likely N-dealkylation sites (tertiary alicyclic amines) is 1. The van der Waals surface area contributed by atoms with Gasteiger partial charge in [-0.1, -0.05) is 25.1 Å². The van der Waals surface area contributed by atoms with Crippen molar-refractivity contribution in [1.29, 1.82) is 0 Å². The molecule has 2 aromatic rings. The minimum Gasteiger partial charge on any atom is -0.496 e. The molecule has 29 heavy (non-hydrogen) atoms. The number of benzene rings is 1. The Morgan fingerprint density at radius 1 is 1.14 bits per heavy atom. The molecule has 1 aromatic carbocycles. The largest absolute Gasteiger partial charge is 0.496 e. The van der Waals surface area contributed by atoms with Gasteiger partial charge in [0.1, 0.15) is 17.2 Å². The minimum atomic E-state index is 0.344. The van der Waals surface area contributed by atoms with Crippen molar-refractivity contribution in [2.24, 2.45) is 0 Å². The summed E-state index contributed by atoms with van der Waals surface area (Å²) >= 11 is 0. The second kappa shape index (κ2) is 9.28. The van der Waals surface area contributed by atoms with Crippen LogP contribution >= 0.6 is 0 Å². The number of nitrogens with zero attached hydrogens (tertiary/aromatic N) is 3. The van der Waals surface area contributed by atoms with Crippen LogP contribution in [0.4, 0.5) is 0 Å². The van der Waals surface area contributed by atoms with Crippen LogP contribution < -0.4 is 4.74 Å². The lowest BCUT2D eigenvalue weighted by molar-refractivity contribution is 0.0338. The number of rotatable bonds is 7. The van der Waals surface area contributed by atoms with Gasteiger partial charge in [-0.3, -0.25) is 9.80 Å². The van der Waals surface area contributed by atoms with Crippen molar-refractivity contribution < 1.29 is 14.0 Å². The van der Waals surface area contributed by atoms with Gasteiger partial charge in [-0.25, -0.2) is 0 Å². The van der Waals surface area contributed by atoms with E-state index in [-0.39, 0.29) is 0 Å². The molecule has 2 aliphatic heterocycles. The molecular weight excluding hydrogens is 366 g/mol. The fraction of sp³-hybridized carbons (Fsp3) is 0.609. The van der Waals surface area contributed by atoms with Crippen LogP contribution in [0.2, 0.25) is 0 Å². The van der Waals surface area contributed by atoms with Gasteiger partial charge < -0.3 is 14.0 Å². The summed E-state index contributed by atoms with van der Waals surface area (Å²) in [6, 6.07) is 9.11. The van der Waals surface area contributed by atoms with E-state index in [1.54, 1.807) is 7.11 Å². The Kier molecular flexibility index (Phi) is 6.53. The van der Waals surface area contributed by atoms with Gasteiger partial charge in [-0.05, 0) is 37.1 Å². The highest BCUT2D eigenvalue weighted by Gasteiger charge is 2.29. The van der Waals surface area contributed by atoms with E-state index in [2.05, 4.69) is 53.1 Å². The first-order chi connectivity index (χ1) is 14.1. The van der Waals surface area contributed by atoms with Crippen LogP contribution in [0.5, 0.6) is 5.75 Å². The third kappa shape index (κ3) is 4.82. The summed E-state index contributed by atoms with van der Waals surface area (Å²) in [7, 11) is 1.76. The molecule has 6 nitrogen and oxygen atoms in total. The number of hydrogen-bond acceptors (Lipinski definition) is 6. The molecule has 2 fully saturated rings. The van der Waals surface area contributed by atoms with Gasteiger partial charge in [0, 0.05) is 43.7 Å². The maximum atomic E-state index is 5.63. The van der Waals surface area contributed by atoms with E-state index >= 15 is 0 Å². The van der Waals surface area contributed by atoms with Gasteiger partial charge in [0.25, 0.3) is 0 Å². The quantitative estimate of drug-likeness (QED) is 0.702. The third-order valence-electron chi connectivity index (χ3n) is 6.05. The predicted molar refractivity (Wildman–Crippen MR) is 112 cm³/mol. The molecule has 0 radical (unpaired) electrons. The van der Waals surface area contributed by atoms with Crippen molar-refractivity contribution in [2.75, 3.05) is 40.0 Å². The second-order valence-corrected chi connectivity index (χ2v) is 8.47. The van der Waals surface area contributed by atoms with Crippen LogP contribution in [0.3, 0.4) is 0 Å². The predicted octanol–water partition coefficient (Wildman–Crippen LogP) is 3.98. The molecule has 0 aliphatic carbocycles. The molecule has 0 unspecified atom stereocenters. The Balaban J connectivity index is 1.48. The third-order valence-corrected chi connectivity index (χ3v) is 6.05. The summed E-state index contributed by atoms with van der Waals surface area (Å²) in [5, 5.41) is 4.38. The normalized spacial score (nSPS) is 21.2. The molecule has 0 amide bonds. The average molecular weight is 400 g/mol. The Labute approximate surface area is 173 Å². The monoisotopic (exact) mass is 399 g/mol. The summed E-state index contributed by atoms with van der Waals surface area (Å²) in [4.78, 5) is 4.97. The van der Waals surface area contributed by atoms with Crippen LogP contribution in [0.15, 0.2) is 28.8 Å². The van der Waals surface area contributed by atoms with Crippen LogP contribution in [-0.2, 0) is 17.8 Å². The first kappa shape index (κ1) is 20.4. The zero-order valence-corrected chi connectivity index (χ0v) is 17.9. The molecule has 0 saturated carbocycles. The van der Waals surface area contributed by atoms with E-state index < -0.39 is 0 Å². The zero-order valence-electron chi connectivity index (χ0n) is 17.9. The molecule has 6 heteroatoms. The van der Waals surface area contributed by atoms with Gasteiger partial charge in [0.2, 0.25) is 0 Å². The summed E-state index contributed by atoms with van der Waals surface area (Å²) in [6.45, 7) is 10.8. The highest BCUT2D eigenvalue weighted by atomic mass is 16.5. The topological polar surface area (TPSA) is 51.0 Å². The van der Waals surface area contributed by atoms with E-state index in [4.69, 9.17) is 14.0 Å². The van der Waals surface area contributed by atoms with Crippen molar-refractivity contribution in [3.05, 3.63) is 46.8 Å². The van der Waals surface area contributed by atoms with Gasteiger partial charge in [-0.15, -0.1) is 0 Å². The average Bonchev–Trinajstić information content (AvgIpc) is 3.38. The summed E-state index contributed by atoms with van der Waals surface area (Å²) in [6.07, 6.45) is 2.34. The standard InChI is InChI=1S/C23H33N3O3/c1-17(2)23-14-20(24-29-23)21-5-4-8-26(21)15-18-6-7-22(27-3)19(13-18)16-25-9-11-28-12-10-25/h6-7,13-14,17,21H,4-5,8-12,15-16H2,1-3H3/t21-/m1/s1. The number of morpholine rings is 1. The summed E-state index contributed by atoms with van der Waals surface area (Å²) in [5.74, 6) is 2.32. The fourth-order valence-corrected chi connectivity index (χ4v) is 4.37. The number of aromatic nitrogens is 1. The fourth-order valence-electron chi connectivity index (χ4n) is 4.37. The van der Waals surface area contributed by atoms with E-state index in [9.17, 15) is 0 Å². The van der Waals surface area contributed by atoms with Crippen LogP contribution in [0.25, 0.3) is 0 Å². The maximum Gasteiger partial charge on any atom is 0.139 e. The van der Waals surface area contributed by atoms with E-state index in [0.717, 1.165) is 69.6 Å². The first-order valence-corrected chi connectivity index (χ1v) is 10.8. The van der Waals surface area contributed by atoms with Gasteiger partial charge in [-0.2, -0.15) is 0 Å².